The zero-order valence-corrected chi connectivity index (χ0v) is 11.3. The standard InChI is InChI=1S/C12H15IN2O/c1-8-6-14-7-11(8)12(16)15-10-4-2-3-9(13)5-10/h2-5,8,11,14H,6-7H2,1H3,(H,15,16)/t8-,11-/m1/s1. The number of carbonyl (C=O) groups is 1. The lowest BCUT2D eigenvalue weighted by Crippen LogP contribution is -2.27. The molecule has 1 aromatic rings. The molecule has 1 saturated heterocycles. The summed E-state index contributed by atoms with van der Waals surface area (Å²) in [6, 6.07) is 7.86. The van der Waals surface area contributed by atoms with Gasteiger partial charge in [-0.05, 0) is 53.3 Å². The fourth-order valence-electron chi connectivity index (χ4n) is 1.96. The molecule has 1 amide bonds. The zero-order valence-electron chi connectivity index (χ0n) is 9.16. The maximum absolute atomic E-state index is 12.0. The van der Waals surface area contributed by atoms with Gasteiger partial charge in [0.25, 0.3) is 0 Å². The Kier molecular flexibility index (Phi) is 3.81. The summed E-state index contributed by atoms with van der Waals surface area (Å²) in [4.78, 5) is 12.0. The first-order valence-corrected chi connectivity index (χ1v) is 6.52. The highest BCUT2D eigenvalue weighted by Gasteiger charge is 2.29. The second-order valence-corrected chi connectivity index (χ2v) is 5.49. The first kappa shape index (κ1) is 11.9. The van der Waals surface area contributed by atoms with E-state index in [0.717, 1.165) is 22.3 Å². The Bertz CT molecular complexity index is 394. The van der Waals surface area contributed by atoms with Gasteiger partial charge in [0.2, 0.25) is 5.91 Å². The number of rotatable bonds is 2. The highest BCUT2D eigenvalue weighted by Crippen LogP contribution is 2.19. The van der Waals surface area contributed by atoms with E-state index in [9.17, 15) is 4.79 Å². The van der Waals surface area contributed by atoms with E-state index in [2.05, 4.69) is 40.1 Å². The van der Waals surface area contributed by atoms with Crippen LogP contribution in [0.5, 0.6) is 0 Å². The van der Waals surface area contributed by atoms with Crippen LogP contribution in [-0.4, -0.2) is 19.0 Å². The molecule has 1 fully saturated rings. The van der Waals surface area contributed by atoms with Gasteiger partial charge in [-0.1, -0.05) is 13.0 Å². The second kappa shape index (κ2) is 5.14. The fraction of sp³-hybridized carbons (Fsp3) is 0.417. The third-order valence-electron chi connectivity index (χ3n) is 2.95. The lowest BCUT2D eigenvalue weighted by molar-refractivity contribution is -0.120. The largest absolute Gasteiger partial charge is 0.326 e. The summed E-state index contributed by atoms with van der Waals surface area (Å²) < 4.78 is 1.13. The molecule has 2 rings (SSSR count). The summed E-state index contributed by atoms with van der Waals surface area (Å²) in [6.45, 7) is 3.83. The molecule has 1 aromatic carbocycles. The number of hydrogen-bond acceptors (Lipinski definition) is 2. The Hall–Kier alpha value is -0.620. The third-order valence-corrected chi connectivity index (χ3v) is 3.62. The summed E-state index contributed by atoms with van der Waals surface area (Å²) in [5, 5.41) is 6.21. The van der Waals surface area contributed by atoms with E-state index >= 15 is 0 Å². The Morgan fingerprint density at radius 1 is 1.50 bits per heavy atom. The van der Waals surface area contributed by atoms with Gasteiger partial charge in [-0.15, -0.1) is 0 Å². The van der Waals surface area contributed by atoms with Crippen LogP contribution in [0.1, 0.15) is 6.92 Å². The molecule has 86 valence electrons. The molecular formula is C12H15IN2O. The molecule has 1 aliphatic heterocycles. The fourth-order valence-corrected chi connectivity index (χ4v) is 2.51. The quantitative estimate of drug-likeness (QED) is 0.816. The van der Waals surface area contributed by atoms with Crippen molar-refractivity contribution in [1.29, 1.82) is 0 Å². The lowest BCUT2D eigenvalue weighted by Gasteiger charge is -2.14. The molecule has 0 spiro atoms. The van der Waals surface area contributed by atoms with E-state index in [1.54, 1.807) is 0 Å². The van der Waals surface area contributed by atoms with Gasteiger partial charge < -0.3 is 10.6 Å². The van der Waals surface area contributed by atoms with E-state index in [-0.39, 0.29) is 11.8 Å². The topological polar surface area (TPSA) is 41.1 Å². The summed E-state index contributed by atoms with van der Waals surface area (Å²) in [5.74, 6) is 0.639. The van der Waals surface area contributed by atoms with E-state index in [1.807, 2.05) is 24.3 Å². The lowest BCUT2D eigenvalue weighted by atomic mass is 9.97. The summed E-state index contributed by atoms with van der Waals surface area (Å²) >= 11 is 2.24. The van der Waals surface area contributed by atoms with E-state index in [1.165, 1.54) is 0 Å². The molecule has 1 aliphatic rings. The van der Waals surface area contributed by atoms with Crippen LogP contribution in [0.4, 0.5) is 5.69 Å². The molecular weight excluding hydrogens is 315 g/mol. The van der Waals surface area contributed by atoms with Gasteiger partial charge in [0.15, 0.2) is 0 Å². The number of amides is 1. The van der Waals surface area contributed by atoms with Gasteiger partial charge in [0, 0.05) is 15.8 Å². The van der Waals surface area contributed by atoms with E-state index in [0.29, 0.717) is 5.92 Å². The van der Waals surface area contributed by atoms with Crippen molar-refractivity contribution in [3.8, 4) is 0 Å². The van der Waals surface area contributed by atoms with E-state index in [4.69, 9.17) is 0 Å². The van der Waals surface area contributed by atoms with Crippen molar-refractivity contribution in [1.82, 2.24) is 5.32 Å². The number of hydrogen-bond donors (Lipinski definition) is 2. The minimum absolute atomic E-state index is 0.0952. The van der Waals surface area contributed by atoms with Crippen LogP contribution in [0.25, 0.3) is 0 Å². The highest BCUT2D eigenvalue weighted by atomic mass is 127. The molecule has 0 aromatic heterocycles. The maximum Gasteiger partial charge on any atom is 0.229 e. The molecule has 2 N–H and O–H groups in total. The molecule has 0 unspecified atom stereocenters. The summed E-state index contributed by atoms with van der Waals surface area (Å²) in [6.07, 6.45) is 0. The Labute approximate surface area is 109 Å². The number of halogens is 1. The van der Waals surface area contributed by atoms with Crippen molar-refractivity contribution in [3.63, 3.8) is 0 Å². The summed E-state index contributed by atoms with van der Waals surface area (Å²) in [7, 11) is 0. The van der Waals surface area contributed by atoms with Gasteiger partial charge in [-0.25, -0.2) is 0 Å². The van der Waals surface area contributed by atoms with Gasteiger partial charge in [0.05, 0.1) is 5.92 Å². The SMILES string of the molecule is C[C@@H]1CNC[C@H]1C(=O)Nc1cccc(I)c1. The van der Waals surface area contributed by atoms with Crippen LogP contribution < -0.4 is 10.6 Å². The summed E-state index contributed by atoms with van der Waals surface area (Å²) in [5.41, 5.74) is 0.885. The minimum atomic E-state index is 0.0952. The molecule has 0 saturated carbocycles. The predicted molar refractivity (Wildman–Crippen MR) is 73.3 cm³/mol. The van der Waals surface area contributed by atoms with Crippen molar-refractivity contribution in [2.45, 2.75) is 6.92 Å². The number of nitrogens with one attached hydrogen (secondary N) is 2. The monoisotopic (exact) mass is 330 g/mol. The molecule has 0 bridgehead atoms. The number of carbonyl (C=O) groups excluding carboxylic acids is 1. The second-order valence-electron chi connectivity index (χ2n) is 4.24. The Morgan fingerprint density at radius 2 is 2.31 bits per heavy atom. The zero-order chi connectivity index (χ0) is 11.5. The van der Waals surface area contributed by atoms with Crippen LogP contribution in [0.2, 0.25) is 0 Å². The van der Waals surface area contributed by atoms with E-state index < -0.39 is 0 Å². The molecule has 0 aliphatic carbocycles. The van der Waals surface area contributed by atoms with Gasteiger partial charge in [-0.2, -0.15) is 0 Å². The smallest absolute Gasteiger partial charge is 0.229 e. The molecule has 1 heterocycles. The number of benzene rings is 1. The van der Waals surface area contributed by atoms with Gasteiger partial charge >= 0.3 is 0 Å². The average molecular weight is 330 g/mol. The third kappa shape index (κ3) is 2.74. The van der Waals surface area contributed by atoms with Crippen molar-refractivity contribution in [2.75, 3.05) is 18.4 Å². The molecule has 4 heteroatoms. The van der Waals surface area contributed by atoms with Gasteiger partial charge in [0.1, 0.15) is 0 Å². The highest BCUT2D eigenvalue weighted by molar-refractivity contribution is 14.1. The van der Waals surface area contributed by atoms with Crippen LogP contribution in [0, 0.1) is 15.4 Å². The Balaban J connectivity index is 2.02. The molecule has 16 heavy (non-hydrogen) atoms. The molecule has 2 atom stereocenters. The van der Waals surface area contributed by atoms with Crippen molar-refractivity contribution in [2.24, 2.45) is 11.8 Å². The Morgan fingerprint density at radius 3 is 2.94 bits per heavy atom. The van der Waals surface area contributed by atoms with Crippen LogP contribution >= 0.6 is 22.6 Å². The van der Waals surface area contributed by atoms with Crippen LogP contribution in [0.3, 0.4) is 0 Å². The van der Waals surface area contributed by atoms with Gasteiger partial charge in [-0.3, -0.25) is 4.79 Å². The predicted octanol–water partition coefficient (Wildman–Crippen LogP) is 2.09. The number of anilines is 1. The first-order chi connectivity index (χ1) is 7.66. The molecule has 0 radical (unpaired) electrons. The maximum atomic E-state index is 12.0. The first-order valence-electron chi connectivity index (χ1n) is 5.44. The normalized spacial score (nSPS) is 24.4. The minimum Gasteiger partial charge on any atom is -0.326 e. The van der Waals surface area contributed by atoms with Crippen LogP contribution in [0.15, 0.2) is 24.3 Å². The van der Waals surface area contributed by atoms with Crippen molar-refractivity contribution < 1.29 is 4.79 Å². The molecule has 3 nitrogen and oxygen atoms in total. The van der Waals surface area contributed by atoms with Crippen molar-refractivity contribution in [3.05, 3.63) is 27.8 Å². The van der Waals surface area contributed by atoms with Crippen molar-refractivity contribution >= 4 is 34.2 Å². The van der Waals surface area contributed by atoms with Crippen LogP contribution in [-0.2, 0) is 4.79 Å². The average Bonchev–Trinajstić information content (AvgIpc) is 2.64.